The number of esters is 1. The summed E-state index contributed by atoms with van der Waals surface area (Å²) in [7, 11) is 1.45. The Balaban J connectivity index is 1.34. The minimum Gasteiger partial charge on any atom is -0.489 e. The van der Waals surface area contributed by atoms with E-state index >= 15 is 0 Å². The van der Waals surface area contributed by atoms with Gasteiger partial charge in [0.2, 0.25) is 5.95 Å². The average Bonchev–Trinajstić information content (AvgIpc) is 2.98. The molecule has 0 atom stereocenters. The first kappa shape index (κ1) is 30.7. The number of aromatic nitrogens is 2. The third-order valence-electron chi connectivity index (χ3n) is 7.12. The highest BCUT2D eigenvalue weighted by Crippen LogP contribution is 2.22. The van der Waals surface area contributed by atoms with Crippen molar-refractivity contribution >= 4 is 17.6 Å². The summed E-state index contributed by atoms with van der Waals surface area (Å²) in [5.74, 6) is 1.36. The number of aryl methyl sites for hydroxylation is 3. The topological polar surface area (TPSA) is 76.6 Å². The Kier molecular flexibility index (Phi) is 11.5. The maximum atomic E-state index is 11.5. The molecule has 0 saturated heterocycles. The van der Waals surface area contributed by atoms with Crippen molar-refractivity contribution in [2.75, 3.05) is 25.5 Å². The van der Waals surface area contributed by atoms with Gasteiger partial charge in [0.05, 0.1) is 7.11 Å². The second-order valence-corrected chi connectivity index (χ2v) is 10.7. The van der Waals surface area contributed by atoms with Gasteiger partial charge in [0, 0.05) is 36.6 Å². The van der Waals surface area contributed by atoms with Gasteiger partial charge >= 0.3 is 5.97 Å². The molecule has 0 fully saturated rings. The highest BCUT2D eigenvalue weighted by molar-refractivity contribution is 5.69. The molecule has 4 aromatic rings. The Morgan fingerprint density at radius 2 is 1.52 bits per heavy atom. The number of nitrogens with one attached hydrogen (secondary N) is 1. The fraction of sp³-hybridized carbons (Fsp3) is 0.343. The molecular formula is C35H42N4O3. The second-order valence-electron chi connectivity index (χ2n) is 10.7. The van der Waals surface area contributed by atoms with Crippen LogP contribution in [0, 0.1) is 20.8 Å². The number of anilines is 2. The molecule has 0 bridgehead atoms. The van der Waals surface area contributed by atoms with E-state index in [0.717, 1.165) is 67.3 Å². The maximum Gasteiger partial charge on any atom is 0.305 e. The van der Waals surface area contributed by atoms with Crippen molar-refractivity contribution in [3.63, 3.8) is 0 Å². The lowest BCUT2D eigenvalue weighted by atomic mass is 10.1. The van der Waals surface area contributed by atoms with Crippen LogP contribution in [-0.4, -0.2) is 41.0 Å². The summed E-state index contributed by atoms with van der Waals surface area (Å²) in [5, 5.41) is 3.28. The van der Waals surface area contributed by atoms with E-state index < -0.39 is 0 Å². The molecule has 0 spiro atoms. The zero-order valence-electron chi connectivity index (χ0n) is 25.2. The van der Waals surface area contributed by atoms with Gasteiger partial charge in [-0.3, -0.25) is 9.69 Å². The summed E-state index contributed by atoms with van der Waals surface area (Å²) in [6, 6.07) is 27.1. The van der Waals surface area contributed by atoms with Crippen molar-refractivity contribution in [1.29, 1.82) is 0 Å². The summed E-state index contributed by atoms with van der Waals surface area (Å²) < 4.78 is 11.1. The minimum atomic E-state index is -0.146. The molecule has 0 aliphatic heterocycles. The van der Waals surface area contributed by atoms with Gasteiger partial charge in [-0.1, -0.05) is 60.2 Å². The third-order valence-corrected chi connectivity index (χ3v) is 7.12. The molecule has 0 unspecified atom stereocenters. The predicted octanol–water partition coefficient (Wildman–Crippen LogP) is 7.11. The van der Waals surface area contributed by atoms with E-state index in [1.54, 1.807) is 0 Å². The lowest BCUT2D eigenvalue weighted by Gasteiger charge is -2.23. The average molecular weight is 567 g/mol. The molecule has 0 aliphatic rings. The van der Waals surface area contributed by atoms with Crippen molar-refractivity contribution in [1.82, 2.24) is 14.9 Å². The lowest BCUT2D eigenvalue weighted by Crippen LogP contribution is -2.27. The Morgan fingerprint density at radius 3 is 2.24 bits per heavy atom. The molecule has 42 heavy (non-hydrogen) atoms. The number of carbonyl (C=O) groups excluding carboxylic acids is 1. The molecule has 220 valence electrons. The summed E-state index contributed by atoms with van der Waals surface area (Å²) in [5.41, 5.74) is 7.63. The van der Waals surface area contributed by atoms with E-state index in [2.05, 4.69) is 75.6 Å². The molecular weight excluding hydrogens is 524 g/mol. The lowest BCUT2D eigenvalue weighted by molar-refractivity contribution is -0.140. The minimum absolute atomic E-state index is 0.146. The van der Waals surface area contributed by atoms with Crippen LogP contribution >= 0.6 is 0 Å². The second kappa shape index (κ2) is 15.7. The van der Waals surface area contributed by atoms with E-state index in [1.165, 1.54) is 23.8 Å². The predicted molar refractivity (Wildman–Crippen MR) is 168 cm³/mol. The highest BCUT2D eigenvalue weighted by Gasteiger charge is 2.11. The van der Waals surface area contributed by atoms with Gasteiger partial charge in [0.15, 0.2) is 0 Å². The number of nitrogens with zero attached hydrogens (tertiary/aromatic N) is 3. The van der Waals surface area contributed by atoms with Gasteiger partial charge in [-0.25, -0.2) is 9.97 Å². The van der Waals surface area contributed by atoms with Crippen LogP contribution in [0.5, 0.6) is 5.75 Å². The quantitative estimate of drug-likeness (QED) is 0.121. The Labute approximate surface area is 249 Å². The first-order chi connectivity index (χ1) is 20.4. The van der Waals surface area contributed by atoms with Gasteiger partial charge in [-0.15, -0.1) is 0 Å². The number of benzene rings is 3. The van der Waals surface area contributed by atoms with Crippen molar-refractivity contribution in [2.45, 2.75) is 59.6 Å². The Bertz CT molecular complexity index is 1400. The SMILES string of the molecule is COC(=O)CCCCN(CCc1ccccc1OCc1ccc(Nc2nc(C)cc(C)n2)cc1)Cc1ccc(C)cc1. The zero-order valence-corrected chi connectivity index (χ0v) is 25.2. The molecule has 7 heteroatoms. The molecule has 0 amide bonds. The van der Waals surface area contributed by atoms with Gasteiger partial charge in [-0.2, -0.15) is 0 Å². The van der Waals surface area contributed by atoms with Crippen molar-refractivity contribution in [2.24, 2.45) is 0 Å². The summed E-state index contributed by atoms with van der Waals surface area (Å²) in [6.45, 7) is 9.21. The van der Waals surface area contributed by atoms with E-state index in [4.69, 9.17) is 9.47 Å². The molecule has 0 radical (unpaired) electrons. The largest absolute Gasteiger partial charge is 0.489 e. The standard InChI is InChI=1S/C35H42N4O3/c1-26-12-14-29(15-13-26)24-39(21-8-7-11-34(40)41-4)22-20-31-9-5-6-10-33(31)42-25-30-16-18-32(19-17-30)38-35-36-27(2)23-28(3)37-35/h5-6,9-10,12-19,23H,7-8,11,20-22,24-25H2,1-4H3,(H,36,37,38). The van der Waals surface area contributed by atoms with Crippen LogP contribution in [0.2, 0.25) is 0 Å². The first-order valence-electron chi connectivity index (χ1n) is 14.6. The van der Waals surface area contributed by atoms with Crippen LogP contribution in [0.15, 0.2) is 78.9 Å². The van der Waals surface area contributed by atoms with Crippen LogP contribution in [0.4, 0.5) is 11.6 Å². The Morgan fingerprint density at radius 1 is 0.833 bits per heavy atom. The molecule has 1 N–H and O–H groups in total. The van der Waals surface area contributed by atoms with Gasteiger partial charge < -0.3 is 14.8 Å². The van der Waals surface area contributed by atoms with Crippen LogP contribution < -0.4 is 10.1 Å². The number of unbranched alkanes of at least 4 members (excludes halogenated alkanes) is 1. The molecule has 1 aromatic heterocycles. The number of ether oxygens (including phenoxy) is 2. The van der Waals surface area contributed by atoms with Crippen molar-refractivity contribution in [3.05, 3.63) is 113 Å². The van der Waals surface area contributed by atoms with Gasteiger partial charge in [-0.05, 0) is 87.5 Å². The van der Waals surface area contributed by atoms with E-state index in [0.29, 0.717) is 19.0 Å². The highest BCUT2D eigenvalue weighted by atomic mass is 16.5. The maximum absolute atomic E-state index is 11.5. The van der Waals surface area contributed by atoms with E-state index in [-0.39, 0.29) is 5.97 Å². The van der Waals surface area contributed by atoms with Gasteiger partial charge in [0.25, 0.3) is 0 Å². The van der Waals surface area contributed by atoms with Crippen molar-refractivity contribution < 1.29 is 14.3 Å². The van der Waals surface area contributed by atoms with Crippen molar-refractivity contribution in [3.8, 4) is 5.75 Å². The number of para-hydroxylation sites is 1. The zero-order chi connectivity index (χ0) is 29.7. The monoisotopic (exact) mass is 566 g/mol. The summed E-state index contributed by atoms with van der Waals surface area (Å²) in [6.07, 6.45) is 3.10. The van der Waals surface area contributed by atoms with E-state index in [9.17, 15) is 4.79 Å². The number of carbonyl (C=O) groups is 1. The van der Waals surface area contributed by atoms with Crippen LogP contribution in [0.1, 0.15) is 52.9 Å². The number of hydrogen-bond donors (Lipinski definition) is 1. The summed E-state index contributed by atoms with van der Waals surface area (Å²) >= 11 is 0. The first-order valence-corrected chi connectivity index (χ1v) is 14.6. The number of methoxy groups -OCH3 is 1. The smallest absolute Gasteiger partial charge is 0.305 e. The van der Waals surface area contributed by atoms with Gasteiger partial charge in [0.1, 0.15) is 12.4 Å². The number of rotatable bonds is 15. The molecule has 0 saturated carbocycles. The van der Waals surface area contributed by atoms with E-state index in [1.807, 2.05) is 44.2 Å². The fourth-order valence-corrected chi connectivity index (χ4v) is 4.81. The molecule has 1 heterocycles. The molecule has 7 nitrogen and oxygen atoms in total. The normalized spacial score (nSPS) is 11.0. The fourth-order valence-electron chi connectivity index (χ4n) is 4.81. The molecule has 3 aromatic carbocycles. The summed E-state index contributed by atoms with van der Waals surface area (Å²) in [4.78, 5) is 22.9. The molecule has 0 aliphatic carbocycles. The Hall–Kier alpha value is -4.23. The van der Waals surface area contributed by atoms with Crippen LogP contribution in [-0.2, 0) is 29.1 Å². The van der Waals surface area contributed by atoms with Crippen LogP contribution in [0.25, 0.3) is 0 Å². The number of hydrogen-bond acceptors (Lipinski definition) is 7. The molecule has 4 rings (SSSR count). The third kappa shape index (κ3) is 10.00. The van der Waals surface area contributed by atoms with Crippen LogP contribution in [0.3, 0.4) is 0 Å².